The second kappa shape index (κ2) is 11.6. The van der Waals surface area contributed by atoms with Crippen LogP contribution in [0.15, 0.2) is 42.5 Å². The van der Waals surface area contributed by atoms with Crippen molar-refractivity contribution in [1.29, 1.82) is 0 Å². The van der Waals surface area contributed by atoms with Crippen LogP contribution >= 0.6 is 0 Å². The molecule has 0 aliphatic rings. The third kappa shape index (κ3) is 9.14. The minimum absolute atomic E-state index is 0.0288. The van der Waals surface area contributed by atoms with E-state index in [9.17, 15) is 18.0 Å². The van der Waals surface area contributed by atoms with Crippen molar-refractivity contribution in [3.63, 3.8) is 0 Å². The average Bonchev–Trinajstić information content (AvgIpc) is 2.72. The van der Waals surface area contributed by atoms with Gasteiger partial charge in [-0.15, -0.1) is 0 Å². The summed E-state index contributed by atoms with van der Waals surface area (Å²) in [5, 5.41) is -0.307. The molecule has 9 heteroatoms. The Labute approximate surface area is 218 Å². The molecule has 0 N–H and O–H groups in total. The molecule has 2 aromatic rings. The maximum absolute atomic E-state index is 15.1. The van der Waals surface area contributed by atoms with Gasteiger partial charge >= 0.3 is 12.1 Å². The van der Waals surface area contributed by atoms with Crippen LogP contribution in [-0.2, 0) is 27.0 Å². The van der Waals surface area contributed by atoms with E-state index in [2.05, 4.69) is 0 Å². The molecule has 0 fully saturated rings. The Morgan fingerprint density at radius 3 is 2.08 bits per heavy atom. The maximum atomic E-state index is 15.1. The van der Waals surface area contributed by atoms with Crippen molar-refractivity contribution in [3.05, 3.63) is 65.0 Å². The van der Waals surface area contributed by atoms with Crippen LogP contribution < -0.4 is 4.74 Å². The molecular formula is C28H38F4O4Si. The lowest BCUT2D eigenvalue weighted by atomic mass is 9.95. The van der Waals surface area contributed by atoms with Gasteiger partial charge in [-0.25, -0.2) is 4.39 Å². The molecule has 0 aliphatic heterocycles. The number of hydrogen-bond donors (Lipinski definition) is 0. The van der Waals surface area contributed by atoms with E-state index in [1.807, 2.05) is 39.9 Å². The predicted molar refractivity (Wildman–Crippen MR) is 139 cm³/mol. The third-order valence-electron chi connectivity index (χ3n) is 6.36. The summed E-state index contributed by atoms with van der Waals surface area (Å²) in [7, 11) is -2.53. The number of rotatable bonds is 9. The summed E-state index contributed by atoms with van der Waals surface area (Å²) in [4.78, 5) is 12.3. The highest BCUT2D eigenvalue weighted by atomic mass is 28.4. The SMILES string of the molecule is CC(C)(C)OC(=O)Cc1cc(OCc2ccccc2)c(C(CO[Si](C)(C)C(C)(C)C)C(F)(F)F)cc1F. The van der Waals surface area contributed by atoms with E-state index in [4.69, 9.17) is 13.9 Å². The fraction of sp³-hybridized carbons (Fsp3) is 0.536. The van der Waals surface area contributed by atoms with Gasteiger partial charge in [-0.2, -0.15) is 13.2 Å². The first kappa shape index (κ1) is 30.8. The van der Waals surface area contributed by atoms with Crippen LogP contribution in [0.5, 0.6) is 5.75 Å². The fourth-order valence-electron chi connectivity index (χ4n) is 3.28. The molecule has 0 bridgehead atoms. The zero-order valence-electron chi connectivity index (χ0n) is 22.9. The lowest BCUT2D eigenvalue weighted by Gasteiger charge is -2.37. The Hall–Kier alpha value is -2.39. The zero-order chi connectivity index (χ0) is 28.2. The van der Waals surface area contributed by atoms with E-state index in [0.717, 1.165) is 11.6 Å². The summed E-state index contributed by atoms with van der Waals surface area (Å²) in [6.07, 6.45) is -5.16. The van der Waals surface area contributed by atoms with Crippen molar-refractivity contribution < 1.29 is 36.3 Å². The average molecular weight is 543 g/mol. The largest absolute Gasteiger partial charge is 0.489 e. The molecule has 37 heavy (non-hydrogen) atoms. The maximum Gasteiger partial charge on any atom is 0.398 e. The second-order valence-electron chi connectivity index (χ2n) is 11.7. The number of halogens is 4. The predicted octanol–water partition coefficient (Wildman–Crippen LogP) is 7.96. The van der Waals surface area contributed by atoms with E-state index >= 15 is 4.39 Å². The van der Waals surface area contributed by atoms with Crippen LogP contribution in [0.4, 0.5) is 17.6 Å². The zero-order valence-corrected chi connectivity index (χ0v) is 23.9. The van der Waals surface area contributed by atoms with Gasteiger partial charge in [0.2, 0.25) is 0 Å². The van der Waals surface area contributed by atoms with Crippen molar-refractivity contribution in [2.45, 2.75) is 90.4 Å². The quantitative estimate of drug-likeness (QED) is 0.183. The molecule has 2 aromatic carbocycles. The van der Waals surface area contributed by atoms with Crippen LogP contribution in [0.1, 0.15) is 64.2 Å². The van der Waals surface area contributed by atoms with Crippen LogP contribution in [0, 0.1) is 5.82 Å². The summed E-state index contributed by atoms with van der Waals surface area (Å²) >= 11 is 0. The monoisotopic (exact) mass is 542 g/mol. The fourth-order valence-corrected chi connectivity index (χ4v) is 4.30. The Morgan fingerprint density at radius 2 is 1.57 bits per heavy atom. The molecule has 1 unspecified atom stereocenters. The lowest BCUT2D eigenvalue weighted by Crippen LogP contribution is -2.43. The minimum Gasteiger partial charge on any atom is -0.489 e. The number of alkyl halides is 3. The summed E-state index contributed by atoms with van der Waals surface area (Å²) in [6.45, 7) is 13.9. The molecule has 0 radical (unpaired) electrons. The highest BCUT2D eigenvalue weighted by Crippen LogP contribution is 2.43. The molecule has 0 heterocycles. The number of esters is 1. The molecule has 2 rings (SSSR count). The number of benzene rings is 2. The minimum atomic E-state index is -4.72. The van der Waals surface area contributed by atoms with Crippen LogP contribution in [0.3, 0.4) is 0 Å². The van der Waals surface area contributed by atoms with Crippen molar-refractivity contribution in [2.75, 3.05) is 6.61 Å². The molecule has 1 atom stereocenters. The van der Waals surface area contributed by atoms with E-state index < -0.39 is 50.8 Å². The van der Waals surface area contributed by atoms with Crippen LogP contribution in [-0.4, -0.2) is 32.7 Å². The van der Waals surface area contributed by atoms with Gasteiger partial charge in [0.05, 0.1) is 6.42 Å². The molecule has 0 amide bonds. The third-order valence-corrected chi connectivity index (χ3v) is 10.9. The van der Waals surface area contributed by atoms with E-state index in [0.29, 0.717) is 0 Å². The standard InChI is InChI=1S/C28H38F4O4Si/c1-26(2,3)36-25(33)15-20-14-24(34-17-19-12-10-9-11-13-19)21(16-23(20)29)22(28(30,31)32)18-35-37(7,8)27(4,5)6/h9-14,16,22H,15,17-18H2,1-8H3. The molecular weight excluding hydrogens is 504 g/mol. The summed E-state index contributed by atoms with van der Waals surface area (Å²) in [5.74, 6) is -3.89. The molecule has 4 nitrogen and oxygen atoms in total. The summed E-state index contributed by atoms with van der Waals surface area (Å²) in [6, 6.07) is 10.9. The van der Waals surface area contributed by atoms with Gasteiger partial charge in [0.15, 0.2) is 8.32 Å². The van der Waals surface area contributed by atoms with Gasteiger partial charge in [0.25, 0.3) is 0 Å². The lowest BCUT2D eigenvalue weighted by molar-refractivity contribution is -0.158. The number of carbonyl (C=O) groups excluding carboxylic acids is 1. The van der Waals surface area contributed by atoms with Gasteiger partial charge in [-0.1, -0.05) is 51.1 Å². The smallest absolute Gasteiger partial charge is 0.398 e. The van der Waals surface area contributed by atoms with Crippen molar-refractivity contribution in [2.24, 2.45) is 0 Å². The van der Waals surface area contributed by atoms with Crippen LogP contribution in [0.25, 0.3) is 0 Å². The van der Waals surface area contributed by atoms with E-state index in [1.54, 1.807) is 45.0 Å². The Bertz CT molecular complexity index is 1050. The topological polar surface area (TPSA) is 44.8 Å². The first-order chi connectivity index (χ1) is 16.8. The molecule has 0 saturated carbocycles. The number of carbonyl (C=O) groups is 1. The second-order valence-corrected chi connectivity index (χ2v) is 16.5. The number of hydrogen-bond acceptors (Lipinski definition) is 4. The van der Waals surface area contributed by atoms with Crippen molar-refractivity contribution >= 4 is 14.3 Å². The Morgan fingerprint density at radius 1 is 0.973 bits per heavy atom. The molecule has 0 aliphatic carbocycles. The normalized spacial score (nSPS) is 13.8. The molecule has 0 spiro atoms. The Kier molecular flexibility index (Phi) is 9.63. The molecule has 206 valence electrons. The summed E-state index contributed by atoms with van der Waals surface area (Å²) < 4.78 is 75.1. The van der Waals surface area contributed by atoms with E-state index in [-0.39, 0.29) is 28.5 Å². The molecule has 0 aromatic heterocycles. The van der Waals surface area contributed by atoms with Gasteiger partial charge < -0.3 is 13.9 Å². The first-order valence-electron chi connectivity index (χ1n) is 12.2. The van der Waals surface area contributed by atoms with Gasteiger partial charge in [-0.3, -0.25) is 4.79 Å². The van der Waals surface area contributed by atoms with Gasteiger partial charge in [-0.05, 0) is 56.6 Å². The Balaban J connectivity index is 2.50. The van der Waals surface area contributed by atoms with Crippen molar-refractivity contribution in [3.8, 4) is 5.75 Å². The van der Waals surface area contributed by atoms with Crippen molar-refractivity contribution in [1.82, 2.24) is 0 Å². The molecule has 0 saturated heterocycles. The van der Waals surface area contributed by atoms with Gasteiger partial charge in [0, 0.05) is 17.7 Å². The van der Waals surface area contributed by atoms with Gasteiger partial charge in [0.1, 0.15) is 29.7 Å². The number of ether oxygens (including phenoxy) is 2. The highest BCUT2D eigenvalue weighted by molar-refractivity contribution is 6.74. The van der Waals surface area contributed by atoms with E-state index in [1.165, 1.54) is 6.07 Å². The van der Waals surface area contributed by atoms with Crippen LogP contribution in [0.2, 0.25) is 18.1 Å². The summed E-state index contributed by atoms with van der Waals surface area (Å²) in [5.41, 5.74) is -0.532. The highest BCUT2D eigenvalue weighted by Gasteiger charge is 2.46. The first-order valence-corrected chi connectivity index (χ1v) is 15.1.